The Morgan fingerprint density at radius 1 is 1.11 bits per heavy atom. The van der Waals surface area contributed by atoms with Crippen LogP contribution in [0.1, 0.15) is 13.3 Å². The number of benzene rings is 1. The first-order valence-electron chi connectivity index (χ1n) is 6.34. The lowest BCUT2D eigenvalue weighted by Gasteiger charge is -2.36. The van der Waals surface area contributed by atoms with Gasteiger partial charge in [0, 0.05) is 31.9 Å². The first-order valence-corrected chi connectivity index (χ1v) is 6.34. The minimum atomic E-state index is -0.251. The molecule has 5 heteroatoms. The molecule has 1 aromatic rings. The summed E-state index contributed by atoms with van der Waals surface area (Å²) in [6, 6.07) is 6.34. The summed E-state index contributed by atoms with van der Waals surface area (Å²) < 4.78 is 12.8. The van der Waals surface area contributed by atoms with Gasteiger partial charge in [0.1, 0.15) is 11.6 Å². The first kappa shape index (κ1) is 13.5. The topological polar surface area (TPSA) is 40.6 Å². The van der Waals surface area contributed by atoms with E-state index in [9.17, 15) is 14.0 Å². The van der Waals surface area contributed by atoms with E-state index in [0.717, 1.165) is 5.69 Å². The lowest BCUT2D eigenvalue weighted by Crippen LogP contribution is -2.49. The minimum Gasteiger partial charge on any atom is -0.368 e. The summed E-state index contributed by atoms with van der Waals surface area (Å²) in [5.74, 6) is -0.462. The third-order valence-corrected chi connectivity index (χ3v) is 3.22. The molecule has 19 heavy (non-hydrogen) atoms. The monoisotopic (exact) mass is 264 g/mol. The van der Waals surface area contributed by atoms with E-state index in [0.29, 0.717) is 26.2 Å². The molecular formula is C14H17FN2O2. The lowest BCUT2D eigenvalue weighted by atomic mass is 10.2. The normalized spacial score (nSPS) is 15.5. The summed E-state index contributed by atoms with van der Waals surface area (Å²) in [6.45, 7) is 4.03. The Hall–Kier alpha value is -1.91. The summed E-state index contributed by atoms with van der Waals surface area (Å²) in [4.78, 5) is 26.5. The first-order chi connectivity index (χ1) is 9.06. The Kier molecular flexibility index (Phi) is 4.14. The van der Waals surface area contributed by atoms with E-state index in [2.05, 4.69) is 4.90 Å². The van der Waals surface area contributed by atoms with E-state index < -0.39 is 0 Å². The van der Waals surface area contributed by atoms with Gasteiger partial charge < -0.3 is 9.80 Å². The maximum absolute atomic E-state index is 12.8. The summed E-state index contributed by atoms with van der Waals surface area (Å²) in [5.41, 5.74) is 0.958. The molecule has 0 aromatic heterocycles. The van der Waals surface area contributed by atoms with Crippen molar-refractivity contribution in [3.63, 3.8) is 0 Å². The van der Waals surface area contributed by atoms with Gasteiger partial charge in [0.05, 0.1) is 6.42 Å². The van der Waals surface area contributed by atoms with Crippen LogP contribution in [0, 0.1) is 5.82 Å². The molecule has 1 aliphatic heterocycles. The van der Waals surface area contributed by atoms with Crippen molar-refractivity contribution in [2.75, 3.05) is 31.1 Å². The number of carbonyl (C=O) groups is 2. The lowest BCUT2D eigenvalue weighted by molar-refractivity contribution is -0.135. The van der Waals surface area contributed by atoms with E-state index in [1.807, 2.05) is 0 Å². The highest BCUT2D eigenvalue weighted by molar-refractivity contribution is 5.96. The average molecular weight is 264 g/mol. The van der Waals surface area contributed by atoms with Crippen LogP contribution in [0.5, 0.6) is 0 Å². The number of amides is 1. The summed E-state index contributed by atoms with van der Waals surface area (Å²) in [5, 5.41) is 0. The number of anilines is 1. The number of piperazine rings is 1. The highest BCUT2D eigenvalue weighted by Crippen LogP contribution is 2.17. The van der Waals surface area contributed by atoms with Crippen molar-refractivity contribution < 1.29 is 14.0 Å². The predicted octanol–water partition coefficient (Wildman–Crippen LogP) is 1.45. The van der Waals surface area contributed by atoms with Gasteiger partial charge in [-0.1, -0.05) is 0 Å². The van der Waals surface area contributed by atoms with Crippen LogP contribution in [0.3, 0.4) is 0 Å². The molecular weight excluding hydrogens is 247 g/mol. The highest BCUT2D eigenvalue weighted by atomic mass is 19.1. The predicted molar refractivity (Wildman–Crippen MR) is 70.5 cm³/mol. The number of halogens is 1. The largest absolute Gasteiger partial charge is 0.368 e. The van der Waals surface area contributed by atoms with Crippen LogP contribution < -0.4 is 4.90 Å². The number of carbonyl (C=O) groups excluding carboxylic acids is 2. The third kappa shape index (κ3) is 3.53. The molecule has 1 fully saturated rings. The molecule has 0 bridgehead atoms. The number of hydrogen-bond donors (Lipinski definition) is 0. The Bertz CT molecular complexity index is 465. The minimum absolute atomic E-state index is 0.0173. The zero-order valence-corrected chi connectivity index (χ0v) is 10.9. The van der Waals surface area contributed by atoms with E-state index in [-0.39, 0.29) is 23.9 Å². The smallest absolute Gasteiger partial charge is 0.230 e. The number of nitrogens with zero attached hydrogens (tertiary/aromatic N) is 2. The van der Waals surface area contributed by atoms with Crippen molar-refractivity contribution >= 4 is 17.4 Å². The molecule has 0 unspecified atom stereocenters. The number of hydrogen-bond acceptors (Lipinski definition) is 3. The molecule has 0 saturated carbocycles. The van der Waals surface area contributed by atoms with Crippen molar-refractivity contribution in [1.82, 2.24) is 4.90 Å². The number of ketones is 1. The van der Waals surface area contributed by atoms with Crippen molar-refractivity contribution in [2.24, 2.45) is 0 Å². The van der Waals surface area contributed by atoms with Crippen LogP contribution in [0.2, 0.25) is 0 Å². The van der Waals surface area contributed by atoms with Gasteiger partial charge >= 0.3 is 0 Å². The SMILES string of the molecule is CC(=O)CC(=O)N1CCN(c2ccc(F)cc2)CC1. The molecule has 0 radical (unpaired) electrons. The van der Waals surface area contributed by atoms with Gasteiger partial charge in [0.25, 0.3) is 0 Å². The summed E-state index contributed by atoms with van der Waals surface area (Å²) in [6.07, 6.45) is -0.0173. The zero-order chi connectivity index (χ0) is 13.8. The molecule has 102 valence electrons. The van der Waals surface area contributed by atoms with E-state index >= 15 is 0 Å². The summed E-state index contributed by atoms with van der Waals surface area (Å²) >= 11 is 0. The Morgan fingerprint density at radius 2 is 1.68 bits per heavy atom. The van der Waals surface area contributed by atoms with Crippen LogP contribution in [0.25, 0.3) is 0 Å². The van der Waals surface area contributed by atoms with Gasteiger partial charge in [0.2, 0.25) is 5.91 Å². The number of Topliss-reactive ketones (excluding diaryl/α,β-unsaturated/α-hetero) is 1. The molecule has 0 aliphatic carbocycles. The van der Waals surface area contributed by atoms with Crippen LogP contribution >= 0.6 is 0 Å². The second-order valence-corrected chi connectivity index (χ2v) is 4.72. The van der Waals surface area contributed by atoms with Crippen LogP contribution in [-0.4, -0.2) is 42.8 Å². The molecule has 1 heterocycles. The Morgan fingerprint density at radius 3 is 2.21 bits per heavy atom. The van der Waals surface area contributed by atoms with Crippen molar-refractivity contribution in [3.8, 4) is 0 Å². The Balaban J connectivity index is 1.90. The molecule has 0 atom stereocenters. The highest BCUT2D eigenvalue weighted by Gasteiger charge is 2.21. The molecule has 1 saturated heterocycles. The Labute approximate surface area is 111 Å². The van der Waals surface area contributed by atoms with Gasteiger partial charge in [-0.3, -0.25) is 9.59 Å². The fourth-order valence-corrected chi connectivity index (χ4v) is 2.19. The molecule has 1 amide bonds. The molecule has 4 nitrogen and oxygen atoms in total. The molecule has 0 N–H and O–H groups in total. The average Bonchev–Trinajstić information content (AvgIpc) is 2.39. The molecule has 1 aliphatic rings. The van der Waals surface area contributed by atoms with Crippen molar-refractivity contribution in [2.45, 2.75) is 13.3 Å². The quantitative estimate of drug-likeness (QED) is 0.776. The van der Waals surface area contributed by atoms with E-state index in [4.69, 9.17) is 0 Å². The maximum Gasteiger partial charge on any atom is 0.230 e. The van der Waals surface area contributed by atoms with E-state index in [1.165, 1.54) is 19.1 Å². The standard InChI is InChI=1S/C14H17FN2O2/c1-11(18)10-14(19)17-8-6-16(7-9-17)13-4-2-12(15)3-5-13/h2-5H,6-10H2,1H3. The van der Waals surface area contributed by atoms with Crippen LogP contribution in [0.15, 0.2) is 24.3 Å². The van der Waals surface area contributed by atoms with Gasteiger partial charge in [-0.25, -0.2) is 4.39 Å². The van der Waals surface area contributed by atoms with Crippen molar-refractivity contribution in [1.29, 1.82) is 0 Å². The van der Waals surface area contributed by atoms with Crippen molar-refractivity contribution in [3.05, 3.63) is 30.1 Å². The van der Waals surface area contributed by atoms with E-state index in [1.54, 1.807) is 17.0 Å². The van der Waals surface area contributed by atoms with Gasteiger partial charge in [-0.2, -0.15) is 0 Å². The fourth-order valence-electron chi connectivity index (χ4n) is 2.19. The second kappa shape index (κ2) is 5.82. The van der Waals surface area contributed by atoms with Crippen LogP contribution in [0.4, 0.5) is 10.1 Å². The second-order valence-electron chi connectivity index (χ2n) is 4.72. The molecule has 1 aromatic carbocycles. The van der Waals surface area contributed by atoms with Gasteiger partial charge in [0.15, 0.2) is 0 Å². The molecule has 2 rings (SSSR count). The fraction of sp³-hybridized carbons (Fsp3) is 0.429. The van der Waals surface area contributed by atoms with Gasteiger partial charge in [-0.05, 0) is 31.2 Å². The van der Waals surface area contributed by atoms with Gasteiger partial charge in [-0.15, -0.1) is 0 Å². The zero-order valence-electron chi connectivity index (χ0n) is 10.9. The maximum atomic E-state index is 12.8. The number of rotatable bonds is 3. The summed E-state index contributed by atoms with van der Waals surface area (Å²) in [7, 11) is 0. The van der Waals surface area contributed by atoms with Crippen LogP contribution in [-0.2, 0) is 9.59 Å². The molecule has 0 spiro atoms. The third-order valence-electron chi connectivity index (χ3n) is 3.22.